The van der Waals surface area contributed by atoms with Crippen molar-refractivity contribution in [3.8, 4) is 0 Å². The number of hydrogen-bond donors (Lipinski definition) is 7. The van der Waals surface area contributed by atoms with Crippen molar-refractivity contribution in [1.82, 2.24) is 16.0 Å². The normalized spacial score (nSPS) is 14.8. The molecule has 3 amide bonds. The maximum Gasteiger partial charge on any atom is 0.326 e. The molecule has 0 spiro atoms. The predicted octanol–water partition coefficient (Wildman–Crippen LogP) is -0.841. The van der Waals surface area contributed by atoms with Crippen LogP contribution in [0, 0.1) is 11.8 Å². The standard InChI is InChI=1S/C21H39N5O7/c1-11(2)16(23)20(31)25-13(7-5-6-10-22)18(29)24-14(8-9-15(27)28)19(30)26-17(12(3)4)21(32)33/h11-14,16-17H,5-10,22-23H2,1-4H3,(H,24,29)(H,25,31)(H,26,30)(H,27,28)(H,32,33). The lowest BCUT2D eigenvalue weighted by molar-refractivity contribution is -0.144. The molecule has 0 rings (SSSR count). The van der Waals surface area contributed by atoms with E-state index in [0.29, 0.717) is 19.4 Å². The van der Waals surface area contributed by atoms with E-state index < -0.39 is 66.2 Å². The fourth-order valence-corrected chi connectivity index (χ4v) is 2.91. The summed E-state index contributed by atoms with van der Waals surface area (Å²) in [4.78, 5) is 60.5. The number of nitrogens with two attached hydrogens (primary N) is 2. The molecular weight excluding hydrogens is 434 g/mol. The van der Waals surface area contributed by atoms with Crippen LogP contribution in [-0.4, -0.2) is 70.6 Å². The first-order chi connectivity index (χ1) is 15.3. The van der Waals surface area contributed by atoms with Gasteiger partial charge < -0.3 is 37.6 Å². The van der Waals surface area contributed by atoms with Gasteiger partial charge in [-0.3, -0.25) is 19.2 Å². The van der Waals surface area contributed by atoms with Crippen molar-refractivity contribution in [2.24, 2.45) is 23.3 Å². The highest BCUT2D eigenvalue weighted by Crippen LogP contribution is 2.08. The smallest absolute Gasteiger partial charge is 0.326 e. The number of rotatable bonds is 16. The molecule has 33 heavy (non-hydrogen) atoms. The molecule has 0 aliphatic rings. The first kappa shape index (κ1) is 30.3. The van der Waals surface area contributed by atoms with Crippen molar-refractivity contribution in [2.45, 2.75) is 84.0 Å². The highest BCUT2D eigenvalue weighted by molar-refractivity contribution is 5.94. The van der Waals surface area contributed by atoms with Crippen LogP contribution in [0.4, 0.5) is 0 Å². The Morgan fingerprint density at radius 2 is 1.27 bits per heavy atom. The van der Waals surface area contributed by atoms with Crippen molar-refractivity contribution in [2.75, 3.05) is 6.54 Å². The monoisotopic (exact) mass is 473 g/mol. The van der Waals surface area contributed by atoms with E-state index in [1.54, 1.807) is 27.7 Å². The predicted molar refractivity (Wildman–Crippen MR) is 121 cm³/mol. The molecule has 0 saturated heterocycles. The zero-order valence-electron chi connectivity index (χ0n) is 19.8. The largest absolute Gasteiger partial charge is 0.481 e. The molecular formula is C21H39N5O7. The second kappa shape index (κ2) is 15.2. The molecule has 0 radical (unpaired) electrons. The van der Waals surface area contributed by atoms with Crippen LogP contribution in [0.15, 0.2) is 0 Å². The van der Waals surface area contributed by atoms with Gasteiger partial charge in [-0.1, -0.05) is 27.7 Å². The second-order valence-electron chi connectivity index (χ2n) is 8.68. The third kappa shape index (κ3) is 11.6. The van der Waals surface area contributed by atoms with Crippen LogP contribution in [0.25, 0.3) is 0 Å². The topological polar surface area (TPSA) is 214 Å². The van der Waals surface area contributed by atoms with Gasteiger partial charge >= 0.3 is 11.9 Å². The Morgan fingerprint density at radius 1 is 0.758 bits per heavy atom. The van der Waals surface area contributed by atoms with Gasteiger partial charge in [-0.25, -0.2) is 4.79 Å². The highest BCUT2D eigenvalue weighted by atomic mass is 16.4. The van der Waals surface area contributed by atoms with Crippen molar-refractivity contribution in [3.63, 3.8) is 0 Å². The minimum absolute atomic E-state index is 0.171. The maximum atomic E-state index is 12.9. The molecule has 0 heterocycles. The molecule has 0 aromatic carbocycles. The number of aliphatic carboxylic acids is 2. The number of carbonyl (C=O) groups is 5. The van der Waals surface area contributed by atoms with E-state index in [0.717, 1.165) is 0 Å². The summed E-state index contributed by atoms with van der Waals surface area (Å²) in [5.41, 5.74) is 11.4. The summed E-state index contributed by atoms with van der Waals surface area (Å²) in [6.45, 7) is 7.11. The van der Waals surface area contributed by atoms with Crippen molar-refractivity contribution >= 4 is 29.7 Å². The summed E-state index contributed by atoms with van der Waals surface area (Å²) in [5.74, 6) is -5.10. The van der Waals surface area contributed by atoms with Crippen LogP contribution in [-0.2, 0) is 24.0 Å². The summed E-state index contributed by atoms with van der Waals surface area (Å²) in [5, 5.41) is 25.7. The molecule has 12 nitrogen and oxygen atoms in total. The molecule has 9 N–H and O–H groups in total. The van der Waals surface area contributed by atoms with Crippen LogP contribution in [0.5, 0.6) is 0 Å². The van der Waals surface area contributed by atoms with E-state index >= 15 is 0 Å². The van der Waals surface area contributed by atoms with Crippen LogP contribution in [0.1, 0.15) is 59.8 Å². The Bertz CT molecular complexity index is 684. The number of carboxylic acid groups (broad SMARTS) is 2. The van der Waals surface area contributed by atoms with Gasteiger partial charge in [0.15, 0.2) is 0 Å². The number of hydrogen-bond acceptors (Lipinski definition) is 7. The average molecular weight is 474 g/mol. The molecule has 4 unspecified atom stereocenters. The molecule has 0 aromatic heterocycles. The Hall–Kier alpha value is -2.73. The number of amides is 3. The lowest BCUT2D eigenvalue weighted by Crippen LogP contribution is -2.58. The van der Waals surface area contributed by atoms with Crippen molar-refractivity contribution < 1.29 is 34.2 Å². The van der Waals surface area contributed by atoms with Gasteiger partial charge in [-0.05, 0) is 44.1 Å². The van der Waals surface area contributed by atoms with Gasteiger partial charge in [0.1, 0.15) is 18.1 Å². The van der Waals surface area contributed by atoms with Gasteiger partial charge in [-0.15, -0.1) is 0 Å². The van der Waals surface area contributed by atoms with Crippen molar-refractivity contribution in [1.29, 1.82) is 0 Å². The maximum absolute atomic E-state index is 12.9. The zero-order valence-corrected chi connectivity index (χ0v) is 19.8. The van der Waals surface area contributed by atoms with E-state index in [4.69, 9.17) is 16.6 Å². The Morgan fingerprint density at radius 3 is 1.73 bits per heavy atom. The first-order valence-corrected chi connectivity index (χ1v) is 11.1. The van der Waals surface area contributed by atoms with E-state index in [2.05, 4.69) is 16.0 Å². The third-order valence-corrected chi connectivity index (χ3v) is 5.11. The summed E-state index contributed by atoms with van der Waals surface area (Å²) in [6, 6.07) is -4.38. The first-order valence-electron chi connectivity index (χ1n) is 11.1. The van der Waals surface area contributed by atoms with E-state index in [1.165, 1.54) is 0 Å². The Balaban J connectivity index is 5.57. The van der Waals surface area contributed by atoms with Gasteiger partial charge in [0.25, 0.3) is 0 Å². The van der Waals surface area contributed by atoms with Gasteiger partial charge in [-0.2, -0.15) is 0 Å². The molecule has 0 aliphatic heterocycles. The van der Waals surface area contributed by atoms with Gasteiger partial charge in [0.05, 0.1) is 6.04 Å². The number of carbonyl (C=O) groups excluding carboxylic acids is 3. The minimum Gasteiger partial charge on any atom is -0.481 e. The number of nitrogens with one attached hydrogen (secondary N) is 3. The van der Waals surface area contributed by atoms with Crippen molar-refractivity contribution in [3.05, 3.63) is 0 Å². The molecule has 0 saturated carbocycles. The summed E-state index contributed by atoms with van der Waals surface area (Å²) >= 11 is 0. The quantitative estimate of drug-likeness (QED) is 0.139. The van der Waals surface area contributed by atoms with E-state index in [9.17, 15) is 29.1 Å². The van der Waals surface area contributed by atoms with E-state index in [1.807, 2.05) is 0 Å². The molecule has 4 atom stereocenters. The van der Waals surface area contributed by atoms with Crippen LogP contribution < -0.4 is 27.4 Å². The van der Waals surface area contributed by atoms with Gasteiger partial charge in [0.2, 0.25) is 17.7 Å². The van der Waals surface area contributed by atoms with Crippen LogP contribution in [0.2, 0.25) is 0 Å². The lowest BCUT2D eigenvalue weighted by Gasteiger charge is -2.26. The Kier molecular flexibility index (Phi) is 13.9. The number of carboxylic acids is 2. The minimum atomic E-state index is -1.30. The summed E-state index contributed by atoms with van der Waals surface area (Å²) in [6.07, 6.45) is 0.669. The summed E-state index contributed by atoms with van der Waals surface area (Å²) < 4.78 is 0. The lowest BCUT2D eigenvalue weighted by atomic mass is 10.0. The summed E-state index contributed by atoms with van der Waals surface area (Å²) in [7, 11) is 0. The van der Waals surface area contributed by atoms with Gasteiger partial charge in [0, 0.05) is 6.42 Å². The third-order valence-electron chi connectivity index (χ3n) is 5.11. The Labute approximate surface area is 194 Å². The molecule has 0 fully saturated rings. The molecule has 12 heteroatoms. The highest BCUT2D eigenvalue weighted by Gasteiger charge is 2.31. The molecule has 0 aromatic rings. The van der Waals surface area contributed by atoms with Crippen LogP contribution in [0.3, 0.4) is 0 Å². The van der Waals surface area contributed by atoms with E-state index in [-0.39, 0.29) is 18.8 Å². The second-order valence-corrected chi connectivity index (χ2v) is 8.68. The molecule has 0 aliphatic carbocycles. The molecule has 190 valence electrons. The average Bonchev–Trinajstić information content (AvgIpc) is 2.72. The fourth-order valence-electron chi connectivity index (χ4n) is 2.91. The molecule has 0 bridgehead atoms. The number of unbranched alkanes of at least 4 members (excludes halogenated alkanes) is 1. The van der Waals surface area contributed by atoms with Crippen LogP contribution >= 0.6 is 0 Å². The fraction of sp³-hybridized carbons (Fsp3) is 0.762. The SMILES string of the molecule is CC(C)C(N)C(=O)NC(CCCCN)C(=O)NC(CCC(=O)O)C(=O)NC(C(=O)O)C(C)C. The zero-order chi connectivity index (χ0) is 25.7.